The molecule has 0 radical (unpaired) electrons. The lowest BCUT2D eigenvalue weighted by molar-refractivity contribution is 0.786. The number of hydrogen-bond acceptors (Lipinski definition) is 5. The summed E-state index contributed by atoms with van der Waals surface area (Å²) < 4.78 is 0. The number of hydrogen-bond donors (Lipinski definition) is 2. The summed E-state index contributed by atoms with van der Waals surface area (Å²) in [5, 5.41) is 11.1. The van der Waals surface area contributed by atoms with Crippen LogP contribution in [0.3, 0.4) is 0 Å². The fourth-order valence-electron chi connectivity index (χ4n) is 2.06. The Labute approximate surface area is 163 Å². The zero-order valence-electron chi connectivity index (χ0n) is 14.0. The minimum Gasteiger partial charge on any atom is -0.356 e. The normalized spacial score (nSPS) is 11.2. The van der Waals surface area contributed by atoms with Gasteiger partial charge in [0.1, 0.15) is 0 Å². The molecular weight excluding hydrogens is 441 g/mol. The van der Waals surface area contributed by atoms with Gasteiger partial charge >= 0.3 is 0 Å². The summed E-state index contributed by atoms with van der Waals surface area (Å²) in [7, 11) is 1.79. The largest absolute Gasteiger partial charge is 0.356 e. The van der Waals surface area contributed by atoms with Gasteiger partial charge in [-0.25, -0.2) is 9.97 Å². The van der Waals surface area contributed by atoms with Gasteiger partial charge in [-0.3, -0.25) is 4.99 Å². The summed E-state index contributed by atoms with van der Waals surface area (Å²) >= 11 is 3.46. The van der Waals surface area contributed by atoms with Crippen LogP contribution in [0.25, 0.3) is 0 Å². The predicted octanol–water partition coefficient (Wildman–Crippen LogP) is 3.30. The number of aryl methyl sites for hydroxylation is 3. The number of aromatic nitrogens is 2. The Morgan fingerprint density at radius 2 is 2.04 bits per heavy atom. The zero-order chi connectivity index (χ0) is 15.9. The van der Waals surface area contributed by atoms with Crippen molar-refractivity contribution in [3.63, 3.8) is 0 Å². The number of guanidine groups is 1. The minimum absolute atomic E-state index is 0. The molecule has 23 heavy (non-hydrogen) atoms. The molecule has 2 N–H and O–H groups in total. The summed E-state index contributed by atoms with van der Waals surface area (Å²) in [5.74, 6) is 0.816. The molecule has 2 aromatic rings. The molecule has 0 fully saturated rings. The van der Waals surface area contributed by atoms with Crippen LogP contribution in [-0.2, 0) is 19.4 Å². The molecule has 0 aliphatic heterocycles. The maximum atomic E-state index is 4.57. The summed E-state index contributed by atoms with van der Waals surface area (Å²) in [4.78, 5) is 14.5. The maximum absolute atomic E-state index is 4.57. The fourth-order valence-corrected chi connectivity index (χ4v) is 3.71. The Morgan fingerprint density at radius 3 is 2.61 bits per heavy atom. The van der Waals surface area contributed by atoms with Crippen molar-refractivity contribution in [2.75, 3.05) is 13.6 Å². The van der Waals surface area contributed by atoms with Gasteiger partial charge in [-0.15, -0.1) is 46.7 Å². The number of rotatable bonds is 6. The lowest BCUT2D eigenvalue weighted by atomic mass is 10.3. The molecule has 0 spiro atoms. The van der Waals surface area contributed by atoms with Crippen LogP contribution in [0.5, 0.6) is 0 Å². The van der Waals surface area contributed by atoms with Crippen LogP contribution in [0.1, 0.15) is 33.2 Å². The molecule has 8 heteroatoms. The standard InChI is InChI=1S/C15H23N5S2.HI/c1-5-14-20-12(9-21-14)6-7-17-15(16-4)18-8-13-10(2)19-11(3)22-13;/h9H,5-8H2,1-4H3,(H2,16,17,18);1H. The van der Waals surface area contributed by atoms with Crippen molar-refractivity contribution >= 4 is 52.6 Å². The van der Waals surface area contributed by atoms with Gasteiger partial charge in [-0.1, -0.05) is 6.92 Å². The minimum atomic E-state index is 0. The van der Waals surface area contributed by atoms with Crippen molar-refractivity contribution < 1.29 is 0 Å². The van der Waals surface area contributed by atoms with E-state index in [1.807, 2.05) is 13.8 Å². The van der Waals surface area contributed by atoms with Gasteiger partial charge in [0.15, 0.2) is 5.96 Å². The number of nitrogens with one attached hydrogen (secondary N) is 2. The highest BCUT2D eigenvalue weighted by molar-refractivity contribution is 14.0. The average Bonchev–Trinajstić information content (AvgIpc) is 3.09. The monoisotopic (exact) mass is 465 g/mol. The fraction of sp³-hybridized carbons (Fsp3) is 0.533. The second kappa shape index (κ2) is 10.2. The third-order valence-corrected chi connectivity index (χ3v) is 5.33. The maximum Gasteiger partial charge on any atom is 0.191 e. The third kappa shape index (κ3) is 6.34. The van der Waals surface area contributed by atoms with Gasteiger partial charge in [0, 0.05) is 30.3 Å². The van der Waals surface area contributed by atoms with E-state index >= 15 is 0 Å². The molecule has 0 aliphatic rings. The van der Waals surface area contributed by atoms with Crippen molar-refractivity contribution in [3.05, 3.63) is 31.7 Å². The predicted molar refractivity (Wildman–Crippen MR) is 110 cm³/mol. The Hall–Kier alpha value is -0.740. The molecule has 0 atom stereocenters. The van der Waals surface area contributed by atoms with Crippen LogP contribution in [0.15, 0.2) is 10.4 Å². The Kier molecular flexibility index (Phi) is 9.00. The number of nitrogens with zero attached hydrogens (tertiary/aromatic N) is 3. The van der Waals surface area contributed by atoms with Gasteiger partial charge in [0.25, 0.3) is 0 Å². The molecule has 2 heterocycles. The zero-order valence-corrected chi connectivity index (χ0v) is 17.9. The van der Waals surface area contributed by atoms with Crippen molar-refractivity contribution in [2.45, 2.75) is 40.2 Å². The number of thiazole rings is 2. The lowest BCUT2D eigenvalue weighted by Gasteiger charge is -2.10. The Morgan fingerprint density at radius 1 is 1.26 bits per heavy atom. The first kappa shape index (κ1) is 20.3. The van der Waals surface area contributed by atoms with Gasteiger partial charge in [-0.2, -0.15) is 0 Å². The van der Waals surface area contributed by atoms with Crippen LogP contribution in [0.4, 0.5) is 0 Å². The smallest absolute Gasteiger partial charge is 0.191 e. The first-order valence-corrected chi connectivity index (χ1v) is 9.12. The highest BCUT2D eigenvalue weighted by Crippen LogP contribution is 2.16. The first-order chi connectivity index (χ1) is 10.6. The summed E-state index contributed by atoms with van der Waals surface area (Å²) in [6, 6.07) is 0. The lowest BCUT2D eigenvalue weighted by Crippen LogP contribution is -2.37. The average molecular weight is 465 g/mol. The topological polar surface area (TPSA) is 62.2 Å². The molecule has 2 aromatic heterocycles. The van der Waals surface area contributed by atoms with Crippen molar-refractivity contribution in [3.8, 4) is 0 Å². The van der Waals surface area contributed by atoms with Gasteiger partial charge in [0.05, 0.1) is 27.9 Å². The van der Waals surface area contributed by atoms with E-state index in [1.165, 1.54) is 9.88 Å². The van der Waals surface area contributed by atoms with Crippen LogP contribution < -0.4 is 10.6 Å². The van der Waals surface area contributed by atoms with Crippen LogP contribution in [0, 0.1) is 13.8 Å². The van der Waals surface area contributed by atoms with Gasteiger partial charge in [0.2, 0.25) is 0 Å². The molecule has 0 bridgehead atoms. The van der Waals surface area contributed by atoms with E-state index in [0.29, 0.717) is 0 Å². The van der Waals surface area contributed by atoms with E-state index in [2.05, 4.69) is 37.9 Å². The number of aliphatic imine (C=N–C) groups is 1. The Balaban J connectivity index is 0.00000264. The van der Waals surface area contributed by atoms with Crippen molar-refractivity contribution in [1.29, 1.82) is 0 Å². The van der Waals surface area contributed by atoms with Crippen LogP contribution >= 0.6 is 46.7 Å². The second-order valence-electron chi connectivity index (χ2n) is 4.93. The van der Waals surface area contributed by atoms with E-state index in [-0.39, 0.29) is 24.0 Å². The summed E-state index contributed by atoms with van der Waals surface area (Å²) in [6.07, 6.45) is 1.92. The molecule has 128 valence electrons. The first-order valence-electron chi connectivity index (χ1n) is 7.43. The third-order valence-electron chi connectivity index (χ3n) is 3.21. The quantitative estimate of drug-likeness (QED) is 0.391. The highest BCUT2D eigenvalue weighted by Gasteiger charge is 2.06. The molecule has 0 saturated carbocycles. The second-order valence-corrected chi connectivity index (χ2v) is 7.16. The Bertz CT molecular complexity index is 636. The molecule has 0 saturated heterocycles. The highest BCUT2D eigenvalue weighted by atomic mass is 127. The SMILES string of the molecule is CCc1nc(CCNC(=NC)NCc2sc(C)nc2C)cs1.I. The molecule has 2 rings (SSSR count). The molecular formula is C15H24IN5S2. The molecule has 0 aliphatic carbocycles. The molecule has 5 nitrogen and oxygen atoms in total. The van der Waals surface area contributed by atoms with E-state index in [0.717, 1.165) is 48.3 Å². The van der Waals surface area contributed by atoms with Crippen molar-refractivity contribution in [1.82, 2.24) is 20.6 Å². The van der Waals surface area contributed by atoms with Gasteiger partial charge < -0.3 is 10.6 Å². The van der Waals surface area contributed by atoms with E-state index in [4.69, 9.17) is 0 Å². The van der Waals surface area contributed by atoms with E-state index in [1.54, 1.807) is 29.7 Å². The van der Waals surface area contributed by atoms with Crippen LogP contribution in [-0.4, -0.2) is 29.5 Å². The summed E-state index contributed by atoms with van der Waals surface area (Å²) in [5.41, 5.74) is 2.25. The van der Waals surface area contributed by atoms with E-state index in [9.17, 15) is 0 Å². The van der Waals surface area contributed by atoms with Crippen LogP contribution in [0.2, 0.25) is 0 Å². The molecule has 0 aromatic carbocycles. The molecule has 0 unspecified atom stereocenters. The number of halogens is 1. The summed E-state index contributed by atoms with van der Waals surface area (Å²) in [6.45, 7) is 7.80. The van der Waals surface area contributed by atoms with Crippen molar-refractivity contribution in [2.24, 2.45) is 4.99 Å². The van der Waals surface area contributed by atoms with E-state index < -0.39 is 0 Å². The van der Waals surface area contributed by atoms with Gasteiger partial charge in [-0.05, 0) is 20.3 Å². The molecule has 0 amide bonds.